The van der Waals surface area contributed by atoms with Crippen molar-refractivity contribution in [2.45, 2.75) is 96.3 Å². The van der Waals surface area contributed by atoms with E-state index in [0.29, 0.717) is 17.7 Å². The summed E-state index contributed by atoms with van der Waals surface area (Å²) in [5.41, 5.74) is -0.927. The Kier molecular flexibility index (Phi) is 4.25. The number of ether oxygens (including phenoxy) is 3. The molecule has 1 N–H and O–H groups in total. The van der Waals surface area contributed by atoms with Gasteiger partial charge in [0.1, 0.15) is 23.9 Å². The summed E-state index contributed by atoms with van der Waals surface area (Å²) in [5, 5.41) is 13.0. The van der Waals surface area contributed by atoms with Crippen molar-refractivity contribution in [3.63, 3.8) is 0 Å². The fraction of sp³-hybridized carbons (Fsp3) is 0.793. The number of nitrogens with zero attached hydrogens (tertiary/aromatic N) is 1. The molecule has 3 heterocycles. The summed E-state index contributed by atoms with van der Waals surface area (Å²) in [4.78, 5) is 27.7. The Bertz CT molecular complexity index is 1120. The van der Waals surface area contributed by atoms with Crippen molar-refractivity contribution in [2.24, 2.45) is 39.9 Å². The third kappa shape index (κ3) is 2.23. The van der Waals surface area contributed by atoms with E-state index < -0.39 is 17.1 Å². The molecule has 0 aromatic carbocycles. The maximum atomic E-state index is 13.0. The van der Waals surface area contributed by atoms with Crippen LogP contribution in [0.25, 0.3) is 0 Å². The molecule has 3 aliphatic heterocycles. The monoisotopic (exact) mass is 497 g/mol. The normalized spacial score (nSPS) is 56.3. The zero-order valence-corrected chi connectivity index (χ0v) is 22.1. The molecule has 0 amide bonds. The van der Waals surface area contributed by atoms with E-state index in [4.69, 9.17) is 14.2 Å². The summed E-state index contributed by atoms with van der Waals surface area (Å²) >= 11 is 0. The molecule has 0 aromatic heterocycles. The zero-order chi connectivity index (χ0) is 25.7. The lowest BCUT2D eigenvalue weighted by Crippen LogP contribution is -2.77. The van der Waals surface area contributed by atoms with Crippen molar-refractivity contribution in [3.05, 3.63) is 24.5 Å². The van der Waals surface area contributed by atoms with Crippen LogP contribution in [0.1, 0.15) is 60.3 Å². The Morgan fingerprint density at radius 1 is 1.11 bits per heavy atom. The summed E-state index contributed by atoms with van der Waals surface area (Å²) in [6.07, 6.45) is 2.00. The molecular formula is C29H39NO6. The maximum absolute atomic E-state index is 13.0. The Hall–Kier alpha value is -1.86. The Morgan fingerprint density at radius 2 is 1.83 bits per heavy atom. The molecular weight excluding hydrogens is 458 g/mol. The van der Waals surface area contributed by atoms with Gasteiger partial charge in [0, 0.05) is 42.3 Å². The van der Waals surface area contributed by atoms with Gasteiger partial charge in [-0.2, -0.15) is 0 Å². The molecule has 9 rings (SSSR count). The number of esters is 2. The van der Waals surface area contributed by atoms with Crippen LogP contribution >= 0.6 is 0 Å². The predicted octanol–water partition coefficient (Wildman–Crippen LogP) is 3.21. The summed E-state index contributed by atoms with van der Waals surface area (Å²) in [6, 6.07) is 0.232. The lowest BCUT2D eigenvalue weighted by Gasteiger charge is -2.68. The van der Waals surface area contributed by atoms with E-state index in [0.717, 1.165) is 37.8 Å². The highest BCUT2D eigenvalue weighted by Gasteiger charge is 2.96. The van der Waals surface area contributed by atoms with Gasteiger partial charge in [0.15, 0.2) is 0 Å². The molecule has 9 bridgehead atoms. The van der Waals surface area contributed by atoms with Crippen LogP contribution in [0.2, 0.25) is 0 Å². The molecule has 6 saturated carbocycles. The number of rotatable bonds is 5. The third-order valence-electron chi connectivity index (χ3n) is 11.6. The van der Waals surface area contributed by atoms with Crippen molar-refractivity contribution in [3.8, 4) is 0 Å². The number of carbonyl (C=O) groups excluding carboxylic acids is 2. The number of carbonyl (C=O) groups is 2. The minimum atomic E-state index is -1.18. The van der Waals surface area contributed by atoms with Crippen LogP contribution in [0, 0.1) is 39.9 Å². The smallest absolute Gasteiger partial charge is 0.308 e. The third-order valence-corrected chi connectivity index (χ3v) is 11.6. The van der Waals surface area contributed by atoms with Gasteiger partial charge in [-0.15, -0.1) is 0 Å². The minimum absolute atomic E-state index is 0.00223. The standard InChI is InChI=1S/C29H39NO6/c1-13(2)24(32)36-17-9-26(7)12-30-18-11-27-8-15(5)19-20(34-14(3)4)22(27)28(10-17,21(18)26)25(30)29(27,33)23(19)35-16(6)31/h13,17-23,25,33H,3,5,8-12H2,1-2,4,6-7H3. The SMILES string of the molecule is C=C(C)OC1C2C(=C)CC34CC5C6C7(C)CC(OC(=O)C(C)C)CC6(C13)C(N5C7)C4(O)C2OC(C)=O. The van der Waals surface area contributed by atoms with Crippen LogP contribution in [0.3, 0.4) is 0 Å². The molecule has 0 aromatic rings. The van der Waals surface area contributed by atoms with Gasteiger partial charge in [-0.1, -0.05) is 39.5 Å². The largest absolute Gasteiger partial charge is 0.495 e. The first-order valence-corrected chi connectivity index (χ1v) is 13.7. The molecule has 13 unspecified atom stereocenters. The summed E-state index contributed by atoms with van der Waals surface area (Å²) < 4.78 is 18.8. The summed E-state index contributed by atoms with van der Waals surface area (Å²) in [7, 11) is 0. The van der Waals surface area contributed by atoms with Gasteiger partial charge in [0.2, 0.25) is 0 Å². The summed E-state index contributed by atoms with van der Waals surface area (Å²) in [5.74, 6) is 0.0572. The number of aliphatic hydroxyl groups is 1. The Balaban J connectivity index is 1.43. The number of piperidine rings is 2. The van der Waals surface area contributed by atoms with E-state index in [2.05, 4.69) is 25.0 Å². The molecule has 3 saturated heterocycles. The van der Waals surface area contributed by atoms with E-state index in [1.54, 1.807) is 0 Å². The molecule has 2 spiro atoms. The molecule has 6 aliphatic carbocycles. The van der Waals surface area contributed by atoms with Gasteiger partial charge in [0.25, 0.3) is 0 Å². The van der Waals surface area contributed by atoms with Crippen molar-refractivity contribution in [2.75, 3.05) is 6.54 Å². The second-order valence-electron chi connectivity index (χ2n) is 13.8. The maximum Gasteiger partial charge on any atom is 0.308 e. The molecule has 9 aliphatic rings. The highest BCUT2D eigenvalue weighted by Crippen LogP contribution is 2.88. The molecule has 7 heteroatoms. The van der Waals surface area contributed by atoms with Crippen molar-refractivity contribution in [1.29, 1.82) is 0 Å². The Labute approximate surface area is 213 Å². The van der Waals surface area contributed by atoms with Crippen molar-refractivity contribution >= 4 is 11.9 Å². The lowest BCUT2D eigenvalue weighted by molar-refractivity contribution is -0.286. The van der Waals surface area contributed by atoms with E-state index in [-0.39, 0.29) is 58.8 Å². The average molecular weight is 498 g/mol. The average Bonchev–Trinajstić information content (AvgIpc) is 3.16. The highest BCUT2D eigenvalue weighted by molar-refractivity contribution is 5.71. The van der Waals surface area contributed by atoms with E-state index in [1.807, 2.05) is 20.8 Å². The molecule has 13 atom stereocenters. The number of fused-ring (bicyclic) bond motifs is 1. The van der Waals surface area contributed by atoms with Crippen LogP contribution in [-0.4, -0.2) is 64.5 Å². The minimum Gasteiger partial charge on any atom is -0.495 e. The number of hydrogen-bond acceptors (Lipinski definition) is 7. The zero-order valence-electron chi connectivity index (χ0n) is 22.1. The number of allylic oxidation sites excluding steroid dienone is 1. The fourth-order valence-electron chi connectivity index (χ4n) is 11.7. The van der Waals surface area contributed by atoms with Crippen LogP contribution in [0.5, 0.6) is 0 Å². The predicted molar refractivity (Wildman–Crippen MR) is 130 cm³/mol. The van der Waals surface area contributed by atoms with Gasteiger partial charge in [0.05, 0.1) is 17.6 Å². The highest BCUT2D eigenvalue weighted by atomic mass is 16.6. The first kappa shape index (κ1) is 23.3. The van der Waals surface area contributed by atoms with Gasteiger partial charge in [-0.3, -0.25) is 14.5 Å². The van der Waals surface area contributed by atoms with Crippen LogP contribution in [0.4, 0.5) is 0 Å². The summed E-state index contributed by atoms with van der Waals surface area (Å²) in [6.45, 7) is 18.8. The Morgan fingerprint density at radius 3 is 2.47 bits per heavy atom. The van der Waals surface area contributed by atoms with E-state index in [9.17, 15) is 14.7 Å². The van der Waals surface area contributed by atoms with Crippen LogP contribution in [0.15, 0.2) is 24.5 Å². The first-order valence-electron chi connectivity index (χ1n) is 13.7. The lowest BCUT2D eigenvalue weighted by atomic mass is 9.39. The van der Waals surface area contributed by atoms with Gasteiger partial charge >= 0.3 is 11.9 Å². The van der Waals surface area contributed by atoms with Crippen molar-refractivity contribution < 1.29 is 28.9 Å². The van der Waals surface area contributed by atoms with E-state index >= 15 is 0 Å². The number of hydrogen-bond donors (Lipinski definition) is 1. The fourth-order valence-corrected chi connectivity index (χ4v) is 11.7. The van der Waals surface area contributed by atoms with Crippen LogP contribution < -0.4 is 0 Å². The van der Waals surface area contributed by atoms with Gasteiger partial charge in [-0.05, 0) is 43.9 Å². The van der Waals surface area contributed by atoms with Crippen molar-refractivity contribution in [1.82, 2.24) is 4.90 Å². The topological polar surface area (TPSA) is 85.3 Å². The second-order valence-corrected chi connectivity index (χ2v) is 13.8. The van der Waals surface area contributed by atoms with Crippen LogP contribution in [-0.2, 0) is 23.8 Å². The first-order chi connectivity index (χ1) is 16.8. The van der Waals surface area contributed by atoms with Gasteiger partial charge < -0.3 is 19.3 Å². The molecule has 36 heavy (non-hydrogen) atoms. The quantitative estimate of drug-likeness (QED) is 0.355. The van der Waals surface area contributed by atoms with E-state index in [1.165, 1.54) is 6.92 Å². The molecule has 196 valence electrons. The molecule has 0 radical (unpaired) electrons. The second kappa shape index (κ2) is 6.58. The van der Waals surface area contributed by atoms with Gasteiger partial charge in [-0.25, -0.2) is 0 Å². The molecule has 7 nitrogen and oxygen atoms in total. The molecule has 9 fully saturated rings.